The van der Waals surface area contributed by atoms with Gasteiger partial charge in [-0.15, -0.1) is 24.0 Å². The topological polar surface area (TPSA) is 59.9 Å². The Morgan fingerprint density at radius 1 is 1.21 bits per heavy atom. The third-order valence-corrected chi connectivity index (χ3v) is 4.19. The van der Waals surface area contributed by atoms with Gasteiger partial charge in [-0.3, -0.25) is 4.99 Å². The molecule has 0 spiro atoms. The van der Waals surface area contributed by atoms with Gasteiger partial charge < -0.3 is 20.6 Å². The van der Waals surface area contributed by atoms with E-state index in [9.17, 15) is 5.11 Å². The van der Waals surface area contributed by atoms with Crippen molar-refractivity contribution in [2.24, 2.45) is 4.99 Å². The summed E-state index contributed by atoms with van der Waals surface area (Å²) in [6.45, 7) is 8.65. The summed E-state index contributed by atoms with van der Waals surface area (Å²) in [5, 5.41) is 16.3. The first-order valence-electron chi connectivity index (χ1n) is 8.26. The number of hydrogen-bond donors (Lipinski definition) is 3. The van der Waals surface area contributed by atoms with Crippen LogP contribution < -0.4 is 10.6 Å². The summed E-state index contributed by atoms with van der Waals surface area (Å²) >= 11 is 0. The molecule has 0 radical (unpaired) electrons. The minimum absolute atomic E-state index is 0. The van der Waals surface area contributed by atoms with Crippen LogP contribution in [0.15, 0.2) is 35.3 Å². The molecule has 0 saturated carbocycles. The summed E-state index contributed by atoms with van der Waals surface area (Å²) in [6, 6.07) is 10.1. The highest BCUT2D eigenvalue weighted by atomic mass is 127. The van der Waals surface area contributed by atoms with E-state index in [4.69, 9.17) is 0 Å². The van der Waals surface area contributed by atoms with Crippen LogP contribution in [-0.2, 0) is 0 Å². The highest BCUT2D eigenvalue weighted by molar-refractivity contribution is 14.0. The standard InChI is InChI=1S/C18H32N4O.HI/c1-6-19-17(21-14-18(2,3)22(4)5)20-12-16(13-23)15-10-8-7-9-11-15;/h7-11,16,23H,6,12-14H2,1-5H3,(H2,19,20,21);1H. The zero-order valence-corrected chi connectivity index (χ0v) is 17.9. The molecule has 1 unspecified atom stereocenters. The summed E-state index contributed by atoms with van der Waals surface area (Å²) in [5.74, 6) is 0.846. The van der Waals surface area contributed by atoms with Crippen LogP contribution in [-0.4, -0.2) is 61.8 Å². The van der Waals surface area contributed by atoms with Gasteiger partial charge in [0.05, 0.1) is 13.2 Å². The third kappa shape index (κ3) is 7.81. The summed E-state index contributed by atoms with van der Waals surface area (Å²) < 4.78 is 0. The number of likely N-dealkylation sites (N-methyl/N-ethyl adjacent to an activating group) is 1. The molecule has 1 aromatic rings. The van der Waals surface area contributed by atoms with Crippen molar-refractivity contribution in [2.75, 3.05) is 40.3 Å². The van der Waals surface area contributed by atoms with Crippen molar-refractivity contribution in [1.82, 2.24) is 15.5 Å². The van der Waals surface area contributed by atoms with Crippen LogP contribution in [0.2, 0.25) is 0 Å². The van der Waals surface area contributed by atoms with Crippen LogP contribution in [0.25, 0.3) is 0 Å². The average Bonchev–Trinajstić information content (AvgIpc) is 2.54. The zero-order valence-electron chi connectivity index (χ0n) is 15.5. The van der Waals surface area contributed by atoms with E-state index < -0.39 is 0 Å². The number of halogens is 1. The van der Waals surface area contributed by atoms with Crippen LogP contribution in [0.5, 0.6) is 0 Å². The lowest BCUT2D eigenvalue weighted by Gasteiger charge is -2.31. The SMILES string of the molecule is CCNC(=NCC(C)(C)N(C)C)NCC(CO)c1ccccc1.I. The van der Waals surface area contributed by atoms with E-state index in [1.165, 1.54) is 0 Å². The number of benzene rings is 1. The van der Waals surface area contributed by atoms with Gasteiger partial charge in [-0.25, -0.2) is 0 Å². The van der Waals surface area contributed by atoms with Gasteiger partial charge in [-0.1, -0.05) is 30.3 Å². The highest BCUT2D eigenvalue weighted by Gasteiger charge is 2.20. The molecular formula is C18H33IN4O. The van der Waals surface area contributed by atoms with Crippen molar-refractivity contribution in [3.8, 4) is 0 Å². The molecule has 0 amide bonds. The molecule has 1 atom stereocenters. The number of nitrogens with zero attached hydrogens (tertiary/aromatic N) is 2. The molecular weight excluding hydrogens is 415 g/mol. The van der Waals surface area contributed by atoms with Gasteiger partial charge in [0.15, 0.2) is 5.96 Å². The van der Waals surface area contributed by atoms with Crippen molar-refractivity contribution < 1.29 is 5.11 Å². The lowest BCUT2D eigenvalue weighted by molar-refractivity contribution is 0.204. The van der Waals surface area contributed by atoms with E-state index in [1.54, 1.807) is 0 Å². The van der Waals surface area contributed by atoms with E-state index in [1.807, 2.05) is 30.3 Å². The van der Waals surface area contributed by atoms with E-state index >= 15 is 0 Å². The lowest BCUT2D eigenvalue weighted by atomic mass is 10.0. The van der Waals surface area contributed by atoms with E-state index in [0.717, 1.165) is 18.1 Å². The first kappa shape index (κ1) is 23.1. The molecule has 0 aliphatic heterocycles. The number of hydrogen-bond acceptors (Lipinski definition) is 3. The molecule has 24 heavy (non-hydrogen) atoms. The maximum absolute atomic E-state index is 9.65. The second-order valence-corrected chi connectivity index (χ2v) is 6.57. The third-order valence-electron chi connectivity index (χ3n) is 4.19. The van der Waals surface area contributed by atoms with Gasteiger partial charge in [-0.05, 0) is 40.4 Å². The summed E-state index contributed by atoms with van der Waals surface area (Å²) in [7, 11) is 4.13. The molecule has 0 bridgehead atoms. The smallest absolute Gasteiger partial charge is 0.191 e. The Labute approximate surface area is 164 Å². The van der Waals surface area contributed by atoms with Crippen molar-refractivity contribution in [2.45, 2.75) is 32.2 Å². The molecule has 1 rings (SSSR count). The molecule has 0 saturated heterocycles. The Kier molecular flexibility index (Phi) is 11.2. The summed E-state index contributed by atoms with van der Waals surface area (Å²) in [4.78, 5) is 6.84. The monoisotopic (exact) mass is 448 g/mol. The number of aliphatic imine (C=N–C) groups is 1. The van der Waals surface area contributed by atoms with Crippen molar-refractivity contribution in [3.63, 3.8) is 0 Å². The lowest BCUT2D eigenvalue weighted by Crippen LogP contribution is -2.44. The predicted octanol–water partition coefficient (Wildman–Crippen LogP) is 2.28. The van der Waals surface area contributed by atoms with Crippen LogP contribution >= 0.6 is 24.0 Å². The van der Waals surface area contributed by atoms with Crippen LogP contribution in [0.4, 0.5) is 0 Å². The number of aliphatic hydroxyl groups excluding tert-OH is 1. The zero-order chi connectivity index (χ0) is 17.3. The molecule has 0 aliphatic carbocycles. The predicted molar refractivity (Wildman–Crippen MR) is 113 cm³/mol. The van der Waals surface area contributed by atoms with Gasteiger partial charge >= 0.3 is 0 Å². The fourth-order valence-electron chi connectivity index (χ4n) is 1.99. The fourth-order valence-corrected chi connectivity index (χ4v) is 1.99. The largest absolute Gasteiger partial charge is 0.396 e. The molecule has 0 fully saturated rings. The van der Waals surface area contributed by atoms with Crippen molar-refractivity contribution >= 4 is 29.9 Å². The second-order valence-electron chi connectivity index (χ2n) is 6.57. The van der Waals surface area contributed by atoms with E-state index in [2.05, 4.69) is 55.4 Å². The van der Waals surface area contributed by atoms with Gasteiger partial charge in [0, 0.05) is 24.5 Å². The molecule has 138 valence electrons. The van der Waals surface area contributed by atoms with Gasteiger partial charge in [-0.2, -0.15) is 0 Å². The summed E-state index contributed by atoms with van der Waals surface area (Å²) in [6.07, 6.45) is 0. The Bertz CT molecular complexity index is 477. The molecule has 1 aromatic carbocycles. The first-order chi connectivity index (χ1) is 10.9. The molecule has 6 heteroatoms. The van der Waals surface area contributed by atoms with Crippen LogP contribution in [0.1, 0.15) is 32.3 Å². The number of aliphatic hydroxyl groups is 1. The number of rotatable bonds is 8. The van der Waals surface area contributed by atoms with Gasteiger partial charge in [0.25, 0.3) is 0 Å². The Morgan fingerprint density at radius 2 is 1.83 bits per heavy atom. The number of guanidine groups is 1. The maximum atomic E-state index is 9.65. The molecule has 5 nitrogen and oxygen atoms in total. The minimum Gasteiger partial charge on any atom is -0.396 e. The Balaban J connectivity index is 0.00000529. The molecule has 0 aliphatic rings. The second kappa shape index (κ2) is 11.7. The maximum Gasteiger partial charge on any atom is 0.191 e. The highest BCUT2D eigenvalue weighted by Crippen LogP contribution is 2.13. The Hall–Kier alpha value is -0.860. The summed E-state index contributed by atoms with van der Waals surface area (Å²) in [5.41, 5.74) is 1.13. The van der Waals surface area contributed by atoms with Crippen molar-refractivity contribution in [1.29, 1.82) is 0 Å². The van der Waals surface area contributed by atoms with Gasteiger partial charge in [0.1, 0.15) is 0 Å². The van der Waals surface area contributed by atoms with E-state index in [-0.39, 0.29) is 42.0 Å². The number of nitrogens with one attached hydrogen (secondary N) is 2. The minimum atomic E-state index is -0.00182. The Morgan fingerprint density at radius 3 is 2.33 bits per heavy atom. The fraction of sp³-hybridized carbons (Fsp3) is 0.611. The molecule has 0 heterocycles. The van der Waals surface area contributed by atoms with Gasteiger partial charge in [0.2, 0.25) is 0 Å². The normalized spacial score (nSPS) is 13.4. The van der Waals surface area contributed by atoms with E-state index in [0.29, 0.717) is 13.1 Å². The average molecular weight is 448 g/mol. The molecule has 3 N–H and O–H groups in total. The quantitative estimate of drug-likeness (QED) is 0.325. The van der Waals surface area contributed by atoms with Crippen molar-refractivity contribution in [3.05, 3.63) is 35.9 Å². The first-order valence-corrected chi connectivity index (χ1v) is 8.26. The molecule has 0 aromatic heterocycles. The van der Waals surface area contributed by atoms with Crippen LogP contribution in [0, 0.1) is 0 Å². The van der Waals surface area contributed by atoms with Crippen LogP contribution in [0.3, 0.4) is 0 Å².